The Morgan fingerprint density at radius 1 is 1.40 bits per heavy atom. The number of halogens is 1. The Labute approximate surface area is 126 Å². The van der Waals surface area contributed by atoms with Crippen LogP contribution in [0.3, 0.4) is 0 Å². The van der Waals surface area contributed by atoms with E-state index in [1.54, 1.807) is 13.2 Å². The highest BCUT2D eigenvalue weighted by Gasteiger charge is 2.31. The highest BCUT2D eigenvalue weighted by molar-refractivity contribution is 9.10. The summed E-state index contributed by atoms with van der Waals surface area (Å²) < 4.78 is 6.42. The van der Waals surface area contributed by atoms with Gasteiger partial charge in [0, 0.05) is 16.1 Å². The molecule has 0 N–H and O–H groups in total. The maximum absolute atomic E-state index is 11.4. The number of hydrogen-bond acceptors (Lipinski definition) is 3. The Kier molecular flexibility index (Phi) is 3.66. The van der Waals surface area contributed by atoms with Gasteiger partial charge in [0.15, 0.2) is 5.78 Å². The molecule has 3 rings (SSSR count). The number of rotatable bonds is 5. The van der Waals surface area contributed by atoms with Crippen LogP contribution in [0.25, 0.3) is 0 Å². The maximum Gasteiger partial charge on any atom is 0.159 e. The van der Waals surface area contributed by atoms with Crippen molar-refractivity contribution >= 4 is 27.4 Å². The fraction of sp³-hybridized carbons (Fsp3) is 0.312. The SMILES string of the molecule is CC(=O)c1ccc(N(Cc2ccco2)C2CC2)c(Br)c1. The zero-order chi connectivity index (χ0) is 14.1. The molecule has 0 unspecified atom stereocenters. The molecule has 1 aliphatic carbocycles. The van der Waals surface area contributed by atoms with Crippen LogP contribution < -0.4 is 4.90 Å². The Morgan fingerprint density at radius 3 is 2.75 bits per heavy atom. The highest BCUT2D eigenvalue weighted by atomic mass is 79.9. The Hall–Kier alpha value is -1.55. The molecule has 2 aromatic rings. The fourth-order valence-corrected chi connectivity index (χ4v) is 2.93. The molecule has 20 heavy (non-hydrogen) atoms. The number of nitrogens with zero attached hydrogens (tertiary/aromatic N) is 1. The second kappa shape index (κ2) is 5.44. The van der Waals surface area contributed by atoms with E-state index >= 15 is 0 Å². The lowest BCUT2D eigenvalue weighted by Crippen LogP contribution is -2.25. The van der Waals surface area contributed by atoms with E-state index < -0.39 is 0 Å². The molecule has 1 fully saturated rings. The third-order valence-electron chi connectivity index (χ3n) is 3.56. The minimum atomic E-state index is 0.0845. The van der Waals surface area contributed by atoms with E-state index in [2.05, 4.69) is 20.8 Å². The molecule has 3 nitrogen and oxygen atoms in total. The van der Waals surface area contributed by atoms with Gasteiger partial charge in [0.05, 0.1) is 18.5 Å². The summed E-state index contributed by atoms with van der Waals surface area (Å²) in [6, 6.07) is 10.3. The number of carbonyl (C=O) groups excluding carboxylic acids is 1. The number of Topliss-reactive ketones (excluding diaryl/α,β-unsaturated/α-hetero) is 1. The molecule has 0 bridgehead atoms. The standard InChI is InChI=1S/C16H16BrNO2/c1-11(19)12-4-7-16(15(17)9-12)18(13-5-6-13)10-14-3-2-8-20-14/h2-4,7-9,13H,5-6,10H2,1H3. The van der Waals surface area contributed by atoms with E-state index in [1.165, 1.54) is 12.8 Å². The predicted octanol–water partition coefficient (Wildman–Crippen LogP) is 4.41. The second-order valence-electron chi connectivity index (χ2n) is 5.16. The van der Waals surface area contributed by atoms with Gasteiger partial charge in [-0.3, -0.25) is 4.79 Å². The first-order valence-electron chi connectivity index (χ1n) is 6.74. The molecule has 104 valence electrons. The zero-order valence-corrected chi connectivity index (χ0v) is 12.9. The van der Waals surface area contributed by atoms with Gasteiger partial charge in [0.25, 0.3) is 0 Å². The van der Waals surface area contributed by atoms with Gasteiger partial charge in [0.1, 0.15) is 5.76 Å². The molecule has 0 spiro atoms. The summed E-state index contributed by atoms with van der Waals surface area (Å²) in [7, 11) is 0. The number of benzene rings is 1. The lowest BCUT2D eigenvalue weighted by Gasteiger charge is -2.25. The third-order valence-corrected chi connectivity index (χ3v) is 4.19. The molecule has 1 heterocycles. The van der Waals surface area contributed by atoms with Crippen LogP contribution >= 0.6 is 15.9 Å². The van der Waals surface area contributed by atoms with Crippen LogP contribution in [0.1, 0.15) is 35.9 Å². The van der Waals surface area contributed by atoms with Crippen molar-refractivity contribution in [3.05, 3.63) is 52.4 Å². The molecule has 0 amide bonds. The van der Waals surface area contributed by atoms with Gasteiger partial charge in [-0.1, -0.05) is 0 Å². The number of furan rings is 1. The van der Waals surface area contributed by atoms with Gasteiger partial charge in [-0.2, -0.15) is 0 Å². The van der Waals surface area contributed by atoms with E-state index in [-0.39, 0.29) is 5.78 Å². The molecular formula is C16H16BrNO2. The first-order valence-corrected chi connectivity index (χ1v) is 7.54. The van der Waals surface area contributed by atoms with Crippen LogP contribution in [0, 0.1) is 0 Å². The number of carbonyl (C=O) groups is 1. The first-order chi connectivity index (χ1) is 9.65. The molecule has 0 radical (unpaired) electrons. The van der Waals surface area contributed by atoms with Crippen LogP contribution in [0.2, 0.25) is 0 Å². The van der Waals surface area contributed by atoms with E-state index in [4.69, 9.17) is 4.42 Å². The van der Waals surface area contributed by atoms with Crippen LogP contribution in [0.4, 0.5) is 5.69 Å². The summed E-state index contributed by atoms with van der Waals surface area (Å²) in [6.45, 7) is 2.35. The van der Waals surface area contributed by atoms with Crippen molar-refractivity contribution < 1.29 is 9.21 Å². The van der Waals surface area contributed by atoms with Gasteiger partial charge >= 0.3 is 0 Å². The lowest BCUT2D eigenvalue weighted by molar-refractivity contribution is 0.101. The molecule has 0 aliphatic heterocycles. The van der Waals surface area contributed by atoms with E-state index in [9.17, 15) is 4.79 Å². The largest absolute Gasteiger partial charge is 0.467 e. The molecule has 1 aromatic heterocycles. The summed E-state index contributed by atoms with van der Waals surface area (Å²) in [6.07, 6.45) is 4.12. The topological polar surface area (TPSA) is 33.5 Å². The van der Waals surface area contributed by atoms with Crippen LogP contribution in [0.15, 0.2) is 45.5 Å². The van der Waals surface area contributed by atoms with Gasteiger partial charge in [-0.05, 0) is 66.0 Å². The van der Waals surface area contributed by atoms with Crippen molar-refractivity contribution in [1.82, 2.24) is 0 Å². The number of hydrogen-bond donors (Lipinski definition) is 0. The average Bonchev–Trinajstić information content (AvgIpc) is 3.14. The fourth-order valence-electron chi connectivity index (χ4n) is 2.33. The Morgan fingerprint density at radius 2 is 2.20 bits per heavy atom. The van der Waals surface area contributed by atoms with Crippen molar-refractivity contribution in [1.29, 1.82) is 0 Å². The van der Waals surface area contributed by atoms with E-state index in [0.717, 1.165) is 28.0 Å². The van der Waals surface area contributed by atoms with Crippen molar-refractivity contribution in [3.8, 4) is 0 Å². The van der Waals surface area contributed by atoms with Crippen molar-refractivity contribution in [2.75, 3.05) is 4.90 Å². The molecule has 0 saturated heterocycles. The van der Waals surface area contributed by atoms with Crippen molar-refractivity contribution in [3.63, 3.8) is 0 Å². The van der Waals surface area contributed by atoms with Gasteiger partial charge in [-0.15, -0.1) is 0 Å². The average molecular weight is 334 g/mol. The van der Waals surface area contributed by atoms with Crippen molar-refractivity contribution in [2.45, 2.75) is 32.4 Å². The quantitative estimate of drug-likeness (QED) is 0.759. The molecule has 1 aliphatic rings. The zero-order valence-electron chi connectivity index (χ0n) is 11.3. The predicted molar refractivity (Wildman–Crippen MR) is 82.1 cm³/mol. The summed E-state index contributed by atoms with van der Waals surface area (Å²) in [4.78, 5) is 13.8. The van der Waals surface area contributed by atoms with Crippen LogP contribution in [0.5, 0.6) is 0 Å². The summed E-state index contributed by atoms with van der Waals surface area (Å²) in [5.74, 6) is 1.04. The van der Waals surface area contributed by atoms with Crippen LogP contribution in [-0.2, 0) is 6.54 Å². The second-order valence-corrected chi connectivity index (χ2v) is 6.02. The Balaban J connectivity index is 1.89. The third kappa shape index (κ3) is 2.80. The van der Waals surface area contributed by atoms with Crippen LogP contribution in [-0.4, -0.2) is 11.8 Å². The van der Waals surface area contributed by atoms with Crippen molar-refractivity contribution in [2.24, 2.45) is 0 Å². The number of ketones is 1. The number of anilines is 1. The normalized spacial score (nSPS) is 14.3. The molecule has 1 saturated carbocycles. The minimum absolute atomic E-state index is 0.0845. The smallest absolute Gasteiger partial charge is 0.159 e. The summed E-state index contributed by atoms with van der Waals surface area (Å²) in [5.41, 5.74) is 1.85. The molecule has 4 heteroatoms. The molecular weight excluding hydrogens is 318 g/mol. The van der Waals surface area contributed by atoms with Gasteiger partial charge in [0.2, 0.25) is 0 Å². The summed E-state index contributed by atoms with van der Waals surface area (Å²) in [5, 5.41) is 0. The Bertz CT molecular complexity index is 617. The van der Waals surface area contributed by atoms with E-state index in [1.807, 2.05) is 30.3 Å². The van der Waals surface area contributed by atoms with E-state index in [0.29, 0.717) is 6.04 Å². The molecule has 0 atom stereocenters. The monoisotopic (exact) mass is 333 g/mol. The summed E-state index contributed by atoms with van der Waals surface area (Å²) >= 11 is 3.59. The highest BCUT2D eigenvalue weighted by Crippen LogP contribution is 2.37. The van der Waals surface area contributed by atoms with Gasteiger partial charge < -0.3 is 9.32 Å². The minimum Gasteiger partial charge on any atom is -0.467 e. The lowest BCUT2D eigenvalue weighted by atomic mass is 10.1. The molecule has 1 aromatic carbocycles. The first kappa shape index (κ1) is 13.4. The maximum atomic E-state index is 11.4. The van der Waals surface area contributed by atoms with Gasteiger partial charge in [-0.25, -0.2) is 0 Å².